The van der Waals surface area contributed by atoms with E-state index < -0.39 is 0 Å². The summed E-state index contributed by atoms with van der Waals surface area (Å²) in [4.78, 5) is 5.21. The Morgan fingerprint density at radius 2 is 1.56 bits per heavy atom. The fraction of sp³-hybridized carbons (Fsp3) is 0.727. The highest BCUT2D eigenvalue weighted by Crippen LogP contribution is 2.42. The van der Waals surface area contributed by atoms with Crippen molar-refractivity contribution in [3.05, 3.63) is 35.4 Å². The molecular formula is C22H34N2O. The van der Waals surface area contributed by atoms with Crippen LogP contribution in [0.1, 0.15) is 56.6 Å². The zero-order valence-corrected chi connectivity index (χ0v) is 16.0. The maximum Gasteiger partial charge on any atom is 0.0678 e. The van der Waals surface area contributed by atoms with Crippen molar-refractivity contribution >= 4 is 0 Å². The first kappa shape index (κ1) is 17.5. The standard InChI is InChI=1S/C22H34N2O/c1-17-13-24(14-18(2)25-17)16-20-11-22(12-20)21-7-5-19(6-8-21)15-23-9-3-4-10-23/h5-8,17-18,20,22H,3-4,9-16H2,1-2H3/t17-,18+,20?,22?. The summed E-state index contributed by atoms with van der Waals surface area (Å²) in [5, 5.41) is 0. The smallest absolute Gasteiger partial charge is 0.0678 e. The average molecular weight is 343 g/mol. The van der Waals surface area contributed by atoms with Gasteiger partial charge in [0.15, 0.2) is 0 Å². The lowest BCUT2D eigenvalue weighted by molar-refractivity contribution is -0.0746. The Balaban J connectivity index is 1.23. The number of morpholine rings is 1. The first-order valence-electron chi connectivity index (χ1n) is 10.3. The monoisotopic (exact) mass is 342 g/mol. The summed E-state index contributed by atoms with van der Waals surface area (Å²) < 4.78 is 5.85. The Kier molecular flexibility index (Phi) is 5.44. The Hall–Kier alpha value is -0.900. The summed E-state index contributed by atoms with van der Waals surface area (Å²) in [5.74, 6) is 1.67. The quantitative estimate of drug-likeness (QED) is 0.807. The van der Waals surface area contributed by atoms with Crippen molar-refractivity contribution in [1.82, 2.24) is 9.80 Å². The molecule has 3 aliphatic rings. The van der Waals surface area contributed by atoms with E-state index in [9.17, 15) is 0 Å². The maximum absolute atomic E-state index is 5.85. The minimum atomic E-state index is 0.391. The van der Waals surface area contributed by atoms with Gasteiger partial charge in [-0.3, -0.25) is 9.80 Å². The van der Waals surface area contributed by atoms with Crippen molar-refractivity contribution in [2.24, 2.45) is 5.92 Å². The van der Waals surface area contributed by atoms with Crippen LogP contribution in [0.3, 0.4) is 0 Å². The van der Waals surface area contributed by atoms with Crippen molar-refractivity contribution < 1.29 is 4.74 Å². The molecule has 0 N–H and O–H groups in total. The van der Waals surface area contributed by atoms with Crippen molar-refractivity contribution in [3.63, 3.8) is 0 Å². The number of ether oxygens (including phenoxy) is 1. The summed E-state index contributed by atoms with van der Waals surface area (Å²) in [7, 11) is 0. The lowest BCUT2D eigenvalue weighted by Gasteiger charge is -2.42. The second kappa shape index (κ2) is 7.77. The van der Waals surface area contributed by atoms with E-state index in [0.717, 1.165) is 31.5 Å². The van der Waals surface area contributed by atoms with Crippen molar-refractivity contribution in [2.45, 2.75) is 64.2 Å². The summed E-state index contributed by atoms with van der Waals surface area (Å²) in [6, 6.07) is 9.52. The van der Waals surface area contributed by atoms with E-state index in [2.05, 4.69) is 47.9 Å². The lowest BCUT2D eigenvalue weighted by atomic mass is 9.71. The van der Waals surface area contributed by atoms with Gasteiger partial charge >= 0.3 is 0 Å². The van der Waals surface area contributed by atoms with Gasteiger partial charge in [0.1, 0.15) is 0 Å². The van der Waals surface area contributed by atoms with Gasteiger partial charge in [-0.1, -0.05) is 24.3 Å². The van der Waals surface area contributed by atoms with Gasteiger partial charge in [-0.05, 0) is 75.6 Å². The van der Waals surface area contributed by atoms with E-state index in [1.54, 1.807) is 5.56 Å². The van der Waals surface area contributed by atoms with Crippen molar-refractivity contribution in [2.75, 3.05) is 32.7 Å². The molecule has 3 fully saturated rings. The topological polar surface area (TPSA) is 15.7 Å². The Bertz CT molecular complexity index is 536. The largest absolute Gasteiger partial charge is 0.373 e. The molecule has 2 heterocycles. The molecule has 3 nitrogen and oxygen atoms in total. The second-order valence-electron chi connectivity index (χ2n) is 8.74. The second-order valence-corrected chi connectivity index (χ2v) is 8.74. The molecular weight excluding hydrogens is 308 g/mol. The highest BCUT2D eigenvalue weighted by atomic mass is 16.5. The number of nitrogens with zero attached hydrogens (tertiary/aromatic N) is 2. The van der Waals surface area contributed by atoms with Crippen LogP contribution in [0.15, 0.2) is 24.3 Å². The van der Waals surface area contributed by atoms with Crippen LogP contribution < -0.4 is 0 Å². The van der Waals surface area contributed by atoms with E-state index in [4.69, 9.17) is 4.74 Å². The summed E-state index contributed by atoms with van der Waals surface area (Å²) in [6.07, 6.45) is 6.27. The van der Waals surface area contributed by atoms with E-state index in [1.165, 1.54) is 50.9 Å². The van der Waals surface area contributed by atoms with Crippen LogP contribution in [0.5, 0.6) is 0 Å². The molecule has 1 aromatic rings. The molecule has 4 rings (SSSR count). The third kappa shape index (κ3) is 4.45. The van der Waals surface area contributed by atoms with E-state index in [0.29, 0.717) is 12.2 Å². The summed E-state index contributed by atoms with van der Waals surface area (Å²) in [5.41, 5.74) is 3.04. The lowest BCUT2D eigenvalue weighted by Crippen LogP contribution is -2.48. The SMILES string of the molecule is C[C@@H]1CN(CC2CC(c3ccc(CN4CCCC4)cc3)C2)C[C@H](C)O1. The van der Waals surface area contributed by atoms with E-state index >= 15 is 0 Å². The van der Waals surface area contributed by atoms with Crippen LogP contribution in [0, 0.1) is 5.92 Å². The Morgan fingerprint density at radius 1 is 0.920 bits per heavy atom. The zero-order valence-electron chi connectivity index (χ0n) is 16.0. The van der Waals surface area contributed by atoms with Crippen LogP contribution in [-0.4, -0.2) is 54.7 Å². The average Bonchev–Trinajstić information content (AvgIpc) is 3.04. The molecule has 1 saturated carbocycles. The molecule has 25 heavy (non-hydrogen) atoms. The van der Waals surface area contributed by atoms with Crippen LogP contribution in [0.4, 0.5) is 0 Å². The molecule has 0 bridgehead atoms. The molecule has 0 aromatic heterocycles. The van der Waals surface area contributed by atoms with Gasteiger partial charge in [0.2, 0.25) is 0 Å². The molecule has 2 saturated heterocycles. The molecule has 0 spiro atoms. The summed E-state index contributed by atoms with van der Waals surface area (Å²) >= 11 is 0. The minimum absolute atomic E-state index is 0.391. The molecule has 0 radical (unpaired) electrons. The van der Waals surface area contributed by atoms with Gasteiger partial charge in [-0.25, -0.2) is 0 Å². The number of hydrogen-bond acceptors (Lipinski definition) is 3. The molecule has 0 unspecified atom stereocenters. The van der Waals surface area contributed by atoms with E-state index in [-0.39, 0.29) is 0 Å². The molecule has 3 heteroatoms. The highest BCUT2D eigenvalue weighted by Gasteiger charge is 2.33. The number of rotatable bonds is 5. The maximum atomic E-state index is 5.85. The number of benzene rings is 1. The number of likely N-dealkylation sites (tertiary alicyclic amines) is 1. The third-order valence-corrected chi connectivity index (χ3v) is 6.30. The van der Waals surface area contributed by atoms with Gasteiger partial charge in [-0.15, -0.1) is 0 Å². The zero-order chi connectivity index (χ0) is 17.2. The number of hydrogen-bond donors (Lipinski definition) is 0. The first-order valence-corrected chi connectivity index (χ1v) is 10.3. The highest BCUT2D eigenvalue weighted by molar-refractivity contribution is 5.27. The third-order valence-electron chi connectivity index (χ3n) is 6.30. The van der Waals surface area contributed by atoms with Gasteiger partial charge < -0.3 is 4.74 Å². The van der Waals surface area contributed by atoms with Gasteiger partial charge in [0.25, 0.3) is 0 Å². The molecule has 138 valence electrons. The van der Waals surface area contributed by atoms with Crippen molar-refractivity contribution in [1.29, 1.82) is 0 Å². The Labute approximate surface area is 153 Å². The van der Waals surface area contributed by atoms with Gasteiger partial charge in [0.05, 0.1) is 12.2 Å². The van der Waals surface area contributed by atoms with Gasteiger partial charge in [-0.2, -0.15) is 0 Å². The van der Waals surface area contributed by atoms with Gasteiger partial charge in [0, 0.05) is 26.2 Å². The molecule has 2 aliphatic heterocycles. The fourth-order valence-electron chi connectivity index (χ4n) is 5.05. The van der Waals surface area contributed by atoms with E-state index in [1.807, 2.05) is 0 Å². The first-order chi connectivity index (χ1) is 12.2. The predicted octanol–water partition coefficient (Wildman–Crippen LogP) is 3.89. The van der Waals surface area contributed by atoms with Crippen LogP contribution >= 0.6 is 0 Å². The molecule has 1 aliphatic carbocycles. The van der Waals surface area contributed by atoms with Crippen molar-refractivity contribution in [3.8, 4) is 0 Å². The Morgan fingerprint density at radius 3 is 2.20 bits per heavy atom. The minimum Gasteiger partial charge on any atom is -0.373 e. The van der Waals surface area contributed by atoms with Crippen LogP contribution in [0.2, 0.25) is 0 Å². The summed E-state index contributed by atoms with van der Waals surface area (Å²) in [6.45, 7) is 11.6. The predicted molar refractivity (Wildman–Crippen MR) is 103 cm³/mol. The van der Waals surface area contributed by atoms with Crippen LogP contribution in [-0.2, 0) is 11.3 Å². The molecule has 2 atom stereocenters. The fourth-order valence-corrected chi connectivity index (χ4v) is 5.05. The normalized spacial score (nSPS) is 34.2. The molecule has 0 amide bonds. The molecule has 1 aromatic carbocycles. The van der Waals surface area contributed by atoms with Crippen LogP contribution in [0.25, 0.3) is 0 Å².